The number of benzene rings is 1. The molecule has 1 aromatic carbocycles. The first kappa shape index (κ1) is 19.7. The van der Waals surface area contributed by atoms with Gasteiger partial charge in [-0.05, 0) is 38.1 Å². The number of nitrogens with one attached hydrogen (secondary N) is 1. The molecule has 4 rings (SSSR count). The van der Waals surface area contributed by atoms with E-state index < -0.39 is 4.92 Å². The number of rotatable bonds is 4. The minimum atomic E-state index is -0.433. The molecule has 1 saturated heterocycles. The first-order chi connectivity index (χ1) is 14.4. The SMILES string of the molecule is CC(C)Nc1cccnc1N1CCN(C(=O)n2ccc3cc([N+](=O)[O-])ccc32)CC1. The minimum Gasteiger partial charge on any atom is -0.380 e. The predicted octanol–water partition coefficient (Wildman–Crippen LogP) is 3.56. The molecular weight excluding hydrogens is 384 g/mol. The fourth-order valence-corrected chi connectivity index (χ4v) is 3.74. The van der Waals surface area contributed by atoms with Crippen LogP contribution >= 0.6 is 0 Å². The van der Waals surface area contributed by atoms with Crippen molar-refractivity contribution in [3.8, 4) is 0 Å². The van der Waals surface area contributed by atoms with Gasteiger partial charge in [0.2, 0.25) is 0 Å². The van der Waals surface area contributed by atoms with Crippen molar-refractivity contribution in [2.75, 3.05) is 36.4 Å². The lowest BCUT2D eigenvalue weighted by Gasteiger charge is -2.36. The Kier molecular flexibility index (Phi) is 5.26. The van der Waals surface area contributed by atoms with Crippen LogP contribution in [-0.2, 0) is 0 Å². The second kappa shape index (κ2) is 8.02. The molecule has 1 aliphatic heterocycles. The van der Waals surface area contributed by atoms with Gasteiger partial charge in [0.05, 0.1) is 16.1 Å². The maximum Gasteiger partial charge on any atom is 0.328 e. The number of non-ortho nitro benzene ring substituents is 1. The van der Waals surface area contributed by atoms with E-state index in [2.05, 4.69) is 29.0 Å². The highest BCUT2D eigenvalue weighted by atomic mass is 16.6. The molecule has 1 fully saturated rings. The van der Waals surface area contributed by atoms with Crippen LogP contribution in [0.25, 0.3) is 10.9 Å². The zero-order chi connectivity index (χ0) is 21.3. The minimum absolute atomic E-state index is 0.0162. The summed E-state index contributed by atoms with van der Waals surface area (Å²) in [5.41, 5.74) is 1.67. The molecule has 0 unspecified atom stereocenters. The Balaban J connectivity index is 1.48. The summed E-state index contributed by atoms with van der Waals surface area (Å²) < 4.78 is 1.56. The maximum absolute atomic E-state index is 13.1. The fourth-order valence-electron chi connectivity index (χ4n) is 3.74. The van der Waals surface area contributed by atoms with E-state index in [1.807, 2.05) is 12.1 Å². The molecule has 0 bridgehead atoms. The summed E-state index contributed by atoms with van der Waals surface area (Å²) in [6.45, 7) is 6.68. The molecule has 9 heteroatoms. The lowest BCUT2D eigenvalue weighted by molar-refractivity contribution is -0.384. The molecular formula is C21H24N6O3. The summed E-state index contributed by atoms with van der Waals surface area (Å²) in [5, 5.41) is 15.1. The third-order valence-electron chi connectivity index (χ3n) is 5.17. The number of carbonyl (C=O) groups is 1. The van der Waals surface area contributed by atoms with Crippen LogP contribution < -0.4 is 10.2 Å². The van der Waals surface area contributed by atoms with Gasteiger partial charge in [-0.1, -0.05) is 0 Å². The van der Waals surface area contributed by atoms with Crippen molar-refractivity contribution in [2.24, 2.45) is 0 Å². The van der Waals surface area contributed by atoms with E-state index in [0.717, 1.165) is 11.5 Å². The van der Waals surface area contributed by atoms with Gasteiger partial charge in [0.25, 0.3) is 5.69 Å². The number of nitrogens with zero attached hydrogens (tertiary/aromatic N) is 5. The topological polar surface area (TPSA) is 96.5 Å². The van der Waals surface area contributed by atoms with Crippen molar-refractivity contribution in [3.05, 3.63) is 58.9 Å². The van der Waals surface area contributed by atoms with Crippen LogP contribution in [0.15, 0.2) is 48.8 Å². The maximum atomic E-state index is 13.1. The van der Waals surface area contributed by atoms with Gasteiger partial charge < -0.3 is 15.1 Å². The van der Waals surface area contributed by atoms with E-state index in [1.165, 1.54) is 12.1 Å². The van der Waals surface area contributed by atoms with E-state index in [0.29, 0.717) is 43.1 Å². The summed E-state index contributed by atoms with van der Waals surface area (Å²) in [6.07, 6.45) is 3.45. The zero-order valence-corrected chi connectivity index (χ0v) is 17.0. The Morgan fingerprint density at radius 3 is 2.63 bits per heavy atom. The number of aromatic nitrogens is 2. The van der Waals surface area contributed by atoms with Gasteiger partial charge in [0.1, 0.15) is 0 Å². The molecule has 3 heterocycles. The van der Waals surface area contributed by atoms with Crippen LogP contribution in [0.2, 0.25) is 0 Å². The zero-order valence-electron chi connectivity index (χ0n) is 17.0. The highest BCUT2D eigenvalue weighted by Crippen LogP contribution is 2.26. The molecule has 3 aromatic rings. The number of hydrogen-bond acceptors (Lipinski definition) is 6. The van der Waals surface area contributed by atoms with Crippen LogP contribution in [0.1, 0.15) is 13.8 Å². The lowest BCUT2D eigenvalue weighted by atomic mass is 10.2. The van der Waals surface area contributed by atoms with E-state index in [4.69, 9.17) is 0 Å². The Bertz CT molecular complexity index is 1090. The van der Waals surface area contributed by atoms with Gasteiger partial charge >= 0.3 is 6.03 Å². The van der Waals surface area contributed by atoms with Crippen molar-refractivity contribution in [1.29, 1.82) is 0 Å². The van der Waals surface area contributed by atoms with Crippen LogP contribution in [0.4, 0.5) is 22.0 Å². The second-order valence-corrected chi connectivity index (χ2v) is 7.62. The number of nitro benzene ring substituents is 1. The number of pyridine rings is 1. The second-order valence-electron chi connectivity index (χ2n) is 7.62. The fraction of sp³-hybridized carbons (Fsp3) is 0.333. The largest absolute Gasteiger partial charge is 0.380 e. The summed E-state index contributed by atoms with van der Waals surface area (Å²) in [4.78, 5) is 32.1. The van der Waals surface area contributed by atoms with E-state index in [1.54, 1.807) is 34.0 Å². The van der Waals surface area contributed by atoms with Gasteiger partial charge in [-0.25, -0.2) is 9.78 Å². The Labute approximate surface area is 174 Å². The van der Waals surface area contributed by atoms with Crippen LogP contribution in [-0.4, -0.2) is 57.6 Å². The molecule has 1 N–H and O–H groups in total. The summed E-state index contributed by atoms with van der Waals surface area (Å²) in [5.74, 6) is 0.900. The van der Waals surface area contributed by atoms with Crippen LogP contribution in [0.5, 0.6) is 0 Å². The number of fused-ring (bicyclic) bond motifs is 1. The molecule has 0 saturated carbocycles. The Morgan fingerprint density at radius 2 is 1.93 bits per heavy atom. The van der Waals surface area contributed by atoms with Gasteiger partial charge in [0.15, 0.2) is 5.82 Å². The lowest BCUT2D eigenvalue weighted by Crippen LogP contribution is -2.50. The molecule has 9 nitrogen and oxygen atoms in total. The number of anilines is 2. The number of piperazine rings is 1. The van der Waals surface area contributed by atoms with Gasteiger partial charge in [0, 0.05) is 62.1 Å². The molecule has 0 radical (unpaired) electrons. The van der Waals surface area contributed by atoms with Gasteiger partial charge in [-0.3, -0.25) is 14.7 Å². The Hall–Kier alpha value is -3.62. The third-order valence-corrected chi connectivity index (χ3v) is 5.17. The molecule has 0 aliphatic carbocycles. The highest BCUT2D eigenvalue weighted by molar-refractivity contribution is 5.92. The average Bonchev–Trinajstić information content (AvgIpc) is 3.16. The third kappa shape index (κ3) is 3.78. The predicted molar refractivity (Wildman–Crippen MR) is 116 cm³/mol. The van der Waals surface area contributed by atoms with Crippen molar-refractivity contribution in [2.45, 2.75) is 19.9 Å². The van der Waals surface area contributed by atoms with Crippen molar-refractivity contribution >= 4 is 34.1 Å². The molecule has 156 valence electrons. The first-order valence-corrected chi connectivity index (χ1v) is 9.95. The molecule has 1 amide bonds. The standard InChI is InChI=1S/C21H24N6O3/c1-15(2)23-18-4-3-8-22-20(18)24-10-12-25(13-11-24)21(28)26-9-7-16-14-17(27(29)30)5-6-19(16)26/h3-9,14-15,23H,10-13H2,1-2H3. The van der Waals surface area contributed by atoms with Gasteiger partial charge in [-0.2, -0.15) is 0 Å². The number of hydrogen-bond donors (Lipinski definition) is 1. The molecule has 2 aromatic heterocycles. The number of amides is 1. The highest BCUT2D eigenvalue weighted by Gasteiger charge is 2.25. The summed E-state index contributed by atoms with van der Waals surface area (Å²) in [6, 6.07) is 10.4. The van der Waals surface area contributed by atoms with E-state index >= 15 is 0 Å². The van der Waals surface area contributed by atoms with E-state index in [-0.39, 0.29) is 11.7 Å². The molecule has 1 aliphatic rings. The molecule has 0 spiro atoms. The first-order valence-electron chi connectivity index (χ1n) is 9.95. The van der Waals surface area contributed by atoms with Gasteiger partial charge in [-0.15, -0.1) is 0 Å². The van der Waals surface area contributed by atoms with Crippen LogP contribution in [0.3, 0.4) is 0 Å². The number of carbonyl (C=O) groups excluding carboxylic acids is 1. The van der Waals surface area contributed by atoms with Crippen molar-refractivity contribution in [1.82, 2.24) is 14.5 Å². The van der Waals surface area contributed by atoms with Crippen molar-refractivity contribution in [3.63, 3.8) is 0 Å². The molecule has 0 atom stereocenters. The van der Waals surface area contributed by atoms with E-state index in [9.17, 15) is 14.9 Å². The normalized spacial score (nSPS) is 14.4. The molecule has 30 heavy (non-hydrogen) atoms. The smallest absolute Gasteiger partial charge is 0.328 e. The number of nitro groups is 1. The average molecular weight is 408 g/mol. The van der Waals surface area contributed by atoms with Crippen molar-refractivity contribution < 1.29 is 9.72 Å². The monoisotopic (exact) mass is 408 g/mol. The summed E-state index contributed by atoms with van der Waals surface area (Å²) >= 11 is 0. The summed E-state index contributed by atoms with van der Waals surface area (Å²) in [7, 11) is 0. The van der Waals surface area contributed by atoms with Crippen LogP contribution in [0, 0.1) is 10.1 Å². The quantitative estimate of drug-likeness (QED) is 0.524. The Morgan fingerprint density at radius 1 is 1.17 bits per heavy atom.